The second kappa shape index (κ2) is 6.87. The molecular formula is C17H17FN2O. The minimum atomic E-state index is -0.423. The fourth-order valence-corrected chi connectivity index (χ4v) is 2.01. The molecule has 0 bridgehead atoms. The zero-order chi connectivity index (χ0) is 15.2. The highest BCUT2D eigenvalue weighted by molar-refractivity contribution is 5.36. The Bertz CT molecular complexity index is 664. The van der Waals surface area contributed by atoms with Gasteiger partial charge < -0.3 is 10.1 Å². The van der Waals surface area contributed by atoms with Crippen molar-refractivity contribution >= 4 is 0 Å². The minimum absolute atomic E-state index is 0.130. The fourth-order valence-electron chi connectivity index (χ4n) is 2.01. The van der Waals surface area contributed by atoms with Gasteiger partial charge in [-0.15, -0.1) is 0 Å². The molecule has 3 nitrogen and oxygen atoms in total. The quantitative estimate of drug-likeness (QED) is 0.913. The molecule has 1 unspecified atom stereocenters. The molecule has 0 heterocycles. The molecule has 0 aliphatic heterocycles. The summed E-state index contributed by atoms with van der Waals surface area (Å²) in [5.41, 5.74) is 1.76. The molecule has 0 spiro atoms. The summed E-state index contributed by atoms with van der Waals surface area (Å²) < 4.78 is 19.6. The largest absolute Gasteiger partial charge is 0.488 e. The third-order valence-corrected chi connectivity index (χ3v) is 3.38. The van der Waals surface area contributed by atoms with Crippen molar-refractivity contribution in [1.82, 2.24) is 5.32 Å². The van der Waals surface area contributed by atoms with Gasteiger partial charge in [-0.05, 0) is 32.2 Å². The van der Waals surface area contributed by atoms with E-state index in [0.29, 0.717) is 11.1 Å². The molecule has 0 saturated heterocycles. The zero-order valence-electron chi connectivity index (χ0n) is 12.1. The summed E-state index contributed by atoms with van der Waals surface area (Å²) in [4.78, 5) is 0. The number of benzene rings is 2. The maximum atomic E-state index is 13.8. The monoisotopic (exact) mass is 284 g/mol. The molecule has 1 atom stereocenters. The molecule has 21 heavy (non-hydrogen) atoms. The predicted octanol–water partition coefficient (Wildman–Crippen LogP) is 3.56. The molecule has 0 saturated carbocycles. The van der Waals surface area contributed by atoms with Crippen molar-refractivity contribution in [2.24, 2.45) is 0 Å². The van der Waals surface area contributed by atoms with Crippen LogP contribution in [0.4, 0.5) is 4.39 Å². The van der Waals surface area contributed by atoms with Crippen molar-refractivity contribution in [3.05, 3.63) is 65.0 Å². The van der Waals surface area contributed by atoms with Crippen molar-refractivity contribution in [3.63, 3.8) is 0 Å². The molecule has 0 radical (unpaired) electrons. The number of hydrogen-bond donors (Lipinski definition) is 1. The Kier molecular flexibility index (Phi) is 4.91. The molecule has 1 N–H and O–H groups in total. The SMILES string of the molecule is CNC(C)c1ccccc1OCc1ccc(C#N)cc1F. The van der Waals surface area contributed by atoms with Gasteiger partial charge >= 0.3 is 0 Å². The van der Waals surface area contributed by atoms with E-state index in [2.05, 4.69) is 5.32 Å². The van der Waals surface area contributed by atoms with Gasteiger partial charge in [0.15, 0.2) is 0 Å². The zero-order valence-corrected chi connectivity index (χ0v) is 12.1. The van der Waals surface area contributed by atoms with Crippen LogP contribution in [-0.4, -0.2) is 7.05 Å². The number of halogens is 1. The van der Waals surface area contributed by atoms with E-state index in [1.54, 1.807) is 12.1 Å². The number of para-hydroxylation sites is 1. The third kappa shape index (κ3) is 3.59. The Hall–Kier alpha value is -2.38. The summed E-state index contributed by atoms with van der Waals surface area (Å²) >= 11 is 0. The van der Waals surface area contributed by atoms with Gasteiger partial charge in [0.25, 0.3) is 0 Å². The Morgan fingerprint density at radius 1 is 1.29 bits per heavy atom. The number of hydrogen-bond acceptors (Lipinski definition) is 3. The molecule has 108 valence electrons. The molecule has 0 aliphatic rings. The minimum Gasteiger partial charge on any atom is -0.488 e. The van der Waals surface area contributed by atoms with Gasteiger partial charge in [0.2, 0.25) is 0 Å². The van der Waals surface area contributed by atoms with Crippen molar-refractivity contribution in [2.45, 2.75) is 19.6 Å². The Morgan fingerprint density at radius 3 is 2.71 bits per heavy atom. The lowest BCUT2D eigenvalue weighted by molar-refractivity contribution is 0.294. The molecule has 4 heteroatoms. The summed E-state index contributed by atoms with van der Waals surface area (Å²) in [6.07, 6.45) is 0. The fraction of sp³-hybridized carbons (Fsp3) is 0.235. The molecule has 0 aliphatic carbocycles. The van der Waals surface area contributed by atoms with Crippen LogP contribution in [0.3, 0.4) is 0 Å². The normalized spacial score (nSPS) is 11.7. The van der Waals surface area contributed by atoms with Gasteiger partial charge in [0, 0.05) is 17.2 Å². The van der Waals surface area contributed by atoms with Crippen LogP contribution in [0.15, 0.2) is 42.5 Å². The van der Waals surface area contributed by atoms with Crippen LogP contribution in [0.1, 0.15) is 29.7 Å². The van der Waals surface area contributed by atoms with Crippen molar-refractivity contribution in [3.8, 4) is 11.8 Å². The van der Waals surface area contributed by atoms with Crippen LogP contribution in [0.2, 0.25) is 0 Å². The van der Waals surface area contributed by atoms with Gasteiger partial charge in [0.1, 0.15) is 18.2 Å². The van der Waals surface area contributed by atoms with Gasteiger partial charge in [0.05, 0.1) is 11.6 Å². The van der Waals surface area contributed by atoms with Crippen LogP contribution in [0.5, 0.6) is 5.75 Å². The predicted molar refractivity (Wildman–Crippen MR) is 79.4 cm³/mol. The first-order valence-electron chi connectivity index (χ1n) is 6.73. The maximum absolute atomic E-state index is 13.8. The standard InChI is InChI=1S/C17H17FN2O/c1-12(20-2)15-5-3-4-6-17(15)21-11-14-8-7-13(10-19)9-16(14)18/h3-9,12,20H,11H2,1-2H3. The Labute approximate surface area is 124 Å². The van der Waals surface area contributed by atoms with Crippen molar-refractivity contribution < 1.29 is 9.13 Å². The van der Waals surface area contributed by atoms with E-state index in [-0.39, 0.29) is 12.6 Å². The Balaban J connectivity index is 2.16. The maximum Gasteiger partial charge on any atom is 0.131 e. The summed E-state index contributed by atoms with van der Waals surface area (Å²) in [5, 5.41) is 11.9. The lowest BCUT2D eigenvalue weighted by atomic mass is 10.1. The smallest absolute Gasteiger partial charge is 0.131 e. The van der Waals surface area contributed by atoms with Crippen LogP contribution in [-0.2, 0) is 6.61 Å². The number of rotatable bonds is 5. The highest BCUT2D eigenvalue weighted by atomic mass is 19.1. The van der Waals surface area contributed by atoms with E-state index in [9.17, 15) is 4.39 Å². The van der Waals surface area contributed by atoms with Gasteiger partial charge in [-0.1, -0.05) is 24.3 Å². The van der Waals surface area contributed by atoms with E-state index >= 15 is 0 Å². The van der Waals surface area contributed by atoms with Gasteiger partial charge in [-0.3, -0.25) is 0 Å². The van der Waals surface area contributed by atoms with E-state index in [4.69, 9.17) is 10.00 Å². The second-order valence-corrected chi connectivity index (χ2v) is 4.75. The summed E-state index contributed by atoms with van der Waals surface area (Å²) in [5.74, 6) is 0.302. The van der Waals surface area contributed by atoms with Gasteiger partial charge in [-0.25, -0.2) is 4.39 Å². The average Bonchev–Trinajstić information content (AvgIpc) is 2.53. The van der Waals surface area contributed by atoms with E-state index in [0.717, 1.165) is 11.3 Å². The van der Waals surface area contributed by atoms with Crippen LogP contribution >= 0.6 is 0 Å². The van der Waals surface area contributed by atoms with E-state index in [1.807, 2.05) is 44.3 Å². The molecule has 0 fully saturated rings. The summed E-state index contributed by atoms with van der Waals surface area (Å²) in [7, 11) is 1.88. The average molecular weight is 284 g/mol. The molecule has 2 aromatic rings. The number of ether oxygens (including phenoxy) is 1. The molecule has 2 aromatic carbocycles. The molecule has 2 rings (SSSR count). The molecule has 0 aromatic heterocycles. The number of nitriles is 1. The topological polar surface area (TPSA) is 45.0 Å². The van der Waals surface area contributed by atoms with Gasteiger partial charge in [-0.2, -0.15) is 5.26 Å². The number of nitrogens with zero attached hydrogens (tertiary/aromatic N) is 1. The second-order valence-electron chi connectivity index (χ2n) is 4.75. The first kappa shape index (κ1) is 15.0. The molecule has 0 amide bonds. The Morgan fingerprint density at radius 2 is 2.05 bits per heavy atom. The summed E-state index contributed by atoms with van der Waals surface area (Å²) in [6.45, 7) is 2.16. The van der Waals surface area contributed by atoms with Crippen molar-refractivity contribution in [2.75, 3.05) is 7.05 Å². The summed E-state index contributed by atoms with van der Waals surface area (Å²) in [6, 6.07) is 14.1. The lowest BCUT2D eigenvalue weighted by Crippen LogP contribution is -2.13. The van der Waals surface area contributed by atoms with Crippen LogP contribution < -0.4 is 10.1 Å². The van der Waals surface area contributed by atoms with Crippen molar-refractivity contribution in [1.29, 1.82) is 5.26 Å². The van der Waals surface area contributed by atoms with Crippen LogP contribution in [0.25, 0.3) is 0 Å². The lowest BCUT2D eigenvalue weighted by Gasteiger charge is -2.16. The first-order chi connectivity index (χ1) is 10.2. The highest BCUT2D eigenvalue weighted by Gasteiger charge is 2.10. The first-order valence-corrected chi connectivity index (χ1v) is 6.73. The highest BCUT2D eigenvalue weighted by Crippen LogP contribution is 2.25. The van der Waals surface area contributed by atoms with E-state index < -0.39 is 5.82 Å². The van der Waals surface area contributed by atoms with E-state index in [1.165, 1.54) is 6.07 Å². The van der Waals surface area contributed by atoms with Crippen LogP contribution in [0, 0.1) is 17.1 Å². The number of nitrogens with one attached hydrogen (secondary N) is 1. The molecular weight excluding hydrogens is 267 g/mol. The third-order valence-electron chi connectivity index (χ3n) is 3.38.